The molecule has 0 saturated heterocycles. The van der Waals surface area contributed by atoms with Gasteiger partial charge in [-0.2, -0.15) is 0 Å². The molecule has 0 aliphatic rings. The van der Waals surface area contributed by atoms with Crippen LogP contribution in [0.2, 0.25) is 10.0 Å². The van der Waals surface area contributed by atoms with Gasteiger partial charge in [0.05, 0.1) is 17.6 Å². The molecule has 0 N–H and O–H groups in total. The van der Waals surface area contributed by atoms with Gasteiger partial charge in [-0.25, -0.2) is 9.78 Å². The van der Waals surface area contributed by atoms with Crippen molar-refractivity contribution in [3.8, 4) is 0 Å². The fraction of sp³-hybridized carbons (Fsp3) is 0.0909. The van der Waals surface area contributed by atoms with Crippen LogP contribution in [0.5, 0.6) is 0 Å². The number of esters is 1. The van der Waals surface area contributed by atoms with Crippen molar-refractivity contribution in [1.29, 1.82) is 0 Å². The van der Waals surface area contributed by atoms with Crippen LogP contribution in [0.1, 0.15) is 10.5 Å². The summed E-state index contributed by atoms with van der Waals surface area (Å²) >= 11 is 14.1. The number of hydrogen-bond donors (Lipinski definition) is 0. The first kappa shape index (κ1) is 12.9. The zero-order chi connectivity index (χ0) is 12.6. The number of fused-ring (bicyclic) bond motifs is 1. The Kier molecular flexibility index (Phi) is 3.75. The van der Waals surface area contributed by atoms with Gasteiger partial charge in [0, 0.05) is 14.0 Å². The topological polar surface area (TPSA) is 39.2 Å². The Labute approximate surface area is 121 Å². The lowest BCUT2D eigenvalue weighted by molar-refractivity contribution is 0.0594. The molecule has 0 radical (unpaired) electrons. The molecule has 2 aromatic rings. The number of benzene rings is 1. The third kappa shape index (κ3) is 2.48. The normalized spacial score (nSPS) is 10.6. The molecule has 0 aliphatic heterocycles. The molecule has 17 heavy (non-hydrogen) atoms. The van der Waals surface area contributed by atoms with Crippen LogP contribution in [0.3, 0.4) is 0 Å². The average Bonchev–Trinajstić information content (AvgIpc) is 2.29. The van der Waals surface area contributed by atoms with Gasteiger partial charge in [-0.05, 0) is 40.8 Å². The summed E-state index contributed by atoms with van der Waals surface area (Å²) in [5, 5.41) is 1.73. The van der Waals surface area contributed by atoms with Crippen LogP contribution >= 0.6 is 45.8 Å². The Morgan fingerprint density at radius 3 is 2.71 bits per heavy atom. The summed E-state index contributed by atoms with van der Waals surface area (Å²) < 4.78 is 5.45. The Morgan fingerprint density at radius 2 is 2.06 bits per heavy atom. The van der Waals surface area contributed by atoms with Gasteiger partial charge in [-0.1, -0.05) is 23.2 Å². The molecule has 0 saturated carbocycles. The summed E-state index contributed by atoms with van der Waals surface area (Å²) in [6.07, 6.45) is 0. The minimum atomic E-state index is -0.514. The van der Waals surface area contributed by atoms with Crippen molar-refractivity contribution in [2.45, 2.75) is 0 Å². The molecule has 1 aromatic heterocycles. The summed E-state index contributed by atoms with van der Waals surface area (Å²) in [7, 11) is 1.30. The van der Waals surface area contributed by atoms with E-state index in [2.05, 4.69) is 32.3 Å². The van der Waals surface area contributed by atoms with E-state index in [0.717, 1.165) is 8.96 Å². The van der Waals surface area contributed by atoms with Crippen molar-refractivity contribution < 1.29 is 9.53 Å². The van der Waals surface area contributed by atoms with Gasteiger partial charge in [0.15, 0.2) is 5.69 Å². The Morgan fingerprint density at radius 1 is 1.35 bits per heavy atom. The molecule has 3 nitrogen and oxygen atoms in total. The molecule has 6 heteroatoms. The molecule has 88 valence electrons. The fourth-order valence-electron chi connectivity index (χ4n) is 1.42. The maximum atomic E-state index is 11.4. The standard InChI is InChI=1S/C11H6Cl2INO2/c1-17-11(16)9-4-7(13)6-2-5(12)3-8(14)10(6)15-9/h2-4H,1H3. The fourth-order valence-corrected chi connectivity index (χ4v) is 2.82. The highest BCUT2D eigenvalue weighted by Crippen LogP contribution is 2.30. The minimum absolute atomic E-state index is 0.185. The number of hydrogen-bond acceptors (Lipinski definition) is 3. The highest BCUT2D eigenvalue weighted by molar-refractivity contribution is 14.1. The number of ether oxygens (including phenoxy) is 1. The maximum Gasteiger partial charge on any atom is 0.356 e. The van der Waals surface area contributed by atoms with Crippen LogP contribution in [0.15, 0.2) is 18.2 Å². The van der Waals surface area contributed by atoms with Gasteiger partial charge in [0.2, 0.25) is 0 Å². The van der Waals surface area contributed by atoms with Gasteiger partial charge in [-0.15, -0.1) is 0 Å². The number of rotatable bonds is 1. The lowest BCUT2D eigenvalue weighted by atomic mass is 10.2. The molecule has 0 atom stereocenters. The van der Waals surface area contributed by atoms with E-state index in [0.29, 0.717) is 15.6 Å². The smallest absolute Gasteiger partial charge is 0.356 e. The highest BCUT2D eigenvalue weighted by Gasteiger charge is 2.13. The van der Waals surface area contributed by atoms with E-state index in [1.807, 2.05) is 0 Å². The number of nitrogens with zero attached hydrogens (tertiary/aromatic N) is 1. The average molecular weight is 382 g/mol. The molecule has 1 aromatic carbocycles. The summed E-state index contributed by atoms with van der Waals surface area (Å²) in [5.41, 5.74) is 0.827. The van der Waals surface area contributed by atoms with Crippen molar-refractivity contribution >= 4 is 62.7 Å². The van der Waals surface area contributed by atoms with E-state index >= 15 is 0 Å². The molecule has 0 aliphatic carbocycles. The summed E-state index contributed by atoms with van der Waals surface area (Å²) in [5.74, 6) is -0.514. The van der Waals surface area contributed by atoms with E-state index in [-0.39, 0.29) is 5.69 Å². The zero-order valence-corrected chi connectivity index (χ0v) is 12.3. The molecule has 0 fully saturated rings. The molecule has 1 heterocycles. The van der Waals surface area contributed by atoms with Gasteiger partial charge >= 0.3 is 5.97 Å². The Bertz CT molecular complexity index is 616. The molecular weight excluding hydrogens is 376 g/mol. The highest BCUT2D eigenvalue weighted by atomic mass is 127. The van der Waals surface area contributed by atoms with Gasteiger partial charge < -0.3 is 4.74 Å². The third-order valence-electron chi connectivity index (χ3n) is 2.18. The van der Waals surface area contributed by atoms with Crippen LogP contribution < -0.4 is 0 Å². The number of aromatic nitrogens is 1. The summed E-state index contributed by atoms with van der Waals surface area (Å²) in [6.45, 7) is 0. The van der Waals surface area contributed by atoms with Crippen molar-refractivity contribution in [2.24, 2.45) is 0 Å². The first-order chi connectivity index (χ1) is 8.02. The monoisotopic (exact) mass is 381 g/mol. The zero-order valence-electron chi connectivity index (χ0n) is 8.63. The lowest BCUT2D eigenvalue weighted by Gasteiger charge is -2.06. The minimum Gasteiger partial charge on any atom is -0.464 e. The number of carbonyl (C=O) groups excluding carboxylic acids is 1. The van der Waals surface area contributed by atoms with Crippen LogP contribution in [0.4, 0.5) is 0 Å². The maximum absolute atomic E-state index is 11.4. The summed E-state index contributed by atoms with van der Waals surface area (Å²) in [4.78, 5) is 15.6. The first-order valence-corrected chi connectivity index (χ1v) is 6.40. The second kappa shape index (κ2) is 4.96. The van der Waals surface area contributed by atoms with Crippen LogP contribution in [-0.2, 0) is 4.74 Å². The second-order valence-electron chi connectivity index (χ2n) is 3.26. The second-order valence-corrected chi connectivity index (χ2v) is 5.27. The molecule has 0 spiro atoms. The molecule has 0 bridgehead atoms. The number of carbonyl (C=O) groups is 1. The van der Waals surface area contributed by atoms with E-state index in [9.17, 15) is 4.79 Å². The van der Waals surface area contributed by atoms with Crippen molar-refractivity contribution in [3.63, 3.8) is 0 Å². The molecule has 2 rings (SSSR count). The largest absolute Gasteiger partial charge is 0.464 e. The van der Waals surface area contributed by atoms with Crippen molar-refractivity contribution in [3.05, 3.63) is 37.5 Å². The number of halogens is 3. The van der Waals surface area contributed by atoms with E-state index in [1.165, 1.54) is 13.2 Å². The third-order valence-corrected chi connectivity index (χ3v) is 3.53. The number of pyridine rings is 1. The molecule has 0 unspecified atom stereocenters. The Hall–Kier alpha value is -0.590. The van der Waals surface area contributed by atoms with Crippen LogP contribution in [0, 0.1) is 3.57 Å². The molecule has 0 amide bonds. The Balaban J connectivity index is 2.77. The van der Waals surface area contributed by atoms with Gasteiger partial charge in [-0.3, -0.25) is 0 Å². The van der Waals surface area contributed by atoms with Crippen molar-refractivity contribution in [2.75, 3.05) is 7.11 Å². The van der Waals surface area contributed by atoms with Crippen LogP contribution in [-0.4, -0.2) is 18.1 Å². The molecular formula is C11H6Cl2INO2. The van der Waals surface area contributed by atoms with Crippen LogP contribution in [0.25, 0.3) is 10.9 Å². The lowest BCUT2D eigenvalue weighted by Crippen LogP contribution is -2.04. The van der Waals surface area contributed by atoms with E-state index < -0.39 is 5.97 Å². The summed E-state index contributed by atoms with van der Waals surface area (Å²) in [6, 6.07) is 4.95. The predicted octanol–water partition coefficient (Wildman–Crippen LogP) is 3.93. The first-order valence-electron chi connectivity index (χ1n) is 4.56. The quantitative estimate of drug-likeness (QED) is 0.555. The van der Waals surface area contributed by atoms with E-state index in [4.69, 9.17) is 23.2 Å². The van der Waals surface area contributed by atoms with Gasteiger partial charge in [0.1, 0.15) is 0 Å². The SMILES string of the molecule is COC(=O)c1cc(Cl)c2cc(Cl)cc(I)c2n1. The predicted molar refractivity (Wildman–Crippen MR) is 75.8 cm³/mol. The van der Waals surface area contributed by atoms with Crippen molar-refractivity contribution in [1.82, 2.24) is 4.98 Å². The number of methoxy groups -OCH3 is 1. The van der Waals surface area contributed by atoms with E-state index in [1.54, 1.807) is 12.1 Å². The van der Waals surface area contributed by atoms with Gasteiger partial charge in [0.25, 0.3) is 0 Å².